The van der Waals surface area contributed by atoms with Gasteiger partial charge in [0, 0.05) is 25.8 Å². The predicted octanol–water partition coefficient (Wildman–Crippen LogP) is 1.34. The molecule has 1 rings (SSSR count). The zero-order valence-corrected chi connectivity index (χ0v) is 11.1. The minimum atomic E-state index is -0.921. The van der Waals surface area contributed by atoms with Crippen LogP contribution in [0.4, 0.5) is 10.5 Å². The van der Waals surface area contributed by atoms with Gasteiger partial charge in [-0.2, -0.15) is 0 Å². The summed E-state index contributed by atoms with van der Waals surface area (Å²) in [6, 6.07) is 7.17. The highest BCUT2D eigenvalue weighted by Crippen LogP contribution is 2.11. The molecule has 1 aromatic carbocycles. The number of benzene rings is 1. The van der Waals surface area contributed by atoms with Crippen LogP contribution < -0.4 is 10.6 Å². The second kappa shape index (κ2) is 7.38. The first-order chi connectivity index (χ1) is 9.02. The largest absolute Gasteiger partial charge is 0.481 e. The third kappa shape index (κ3) is 5.39. The number of carbonyl (C=O) groups is 2. The van der Waals surface area contributed by atoms with E-state index in [1.165, 1.54) is 4.90 Å². The summed E-state index contributed by atoms with van der Waals surface area (Å²) in [4.78, 5) is 23.6. The van der Waals surface area contributed by atoms with E-state index in [2.05, 4.69) is 10.6 Å². The monoisotopic (exact) mass is 265 g/mol. The van der Waals surface area contributed by atoms with Crippen molar-refractivity contribution in [2.24, 2.45) is 0 Å². The molecule has 0 atom stereocenters. The number of hydrogen-bond acceptors (Lipinski definition) is 3. The van der Waals surface area contributed by atoms with Crippen molar-refractivity contribution in [2.45, 2.75) is 13.0 Å². The molecule has 0 aliphatic carbocycles. The van der Waals surface area contributed by atoms with Crippen LogP contribution in [0.2, 0.25) is 0 Å². The predicted molar refractivity (Wildman–Crippen MR) is 73.1 cm³/mol. The number of urea groups is 1. The Labute approximate surface area is 112 Å². The zero-order chi connectivity index (χ0) is 14.3. The maximum absolute atomic E-state index is 11.8. The molecule has 0 radical (unpaired) electrons. The molecule has 104 valence electrons. The number of hydrogen-bond donors (Lipinski definition) is 3. The Balaban J connectivity index is 2.55. The van der Waals surface area contributed by atoms with Crippen LogP contribution in [0, 0.1) is 0 Å². The van der Waals surface area contributed by atoms with Crippen molar-refractivity contribution in [3.05, 3.63) is 29.8 Å². The van der Waals surface area contributed by atoms with Crippen LogP contribution in [0.25, 0.3) is 0 Å². The second-order valence-corrected chi connectivity index (χ2v) is 4.23. The van der Waals surface area contributed by atoms with Crippen LogP contribution in [0.3, 0.4) is 0 Å². The van der Waals surface area contributed by atoms with Crippen LogP contribution >= 0.6 is 0 Å². The quantitative estimate of drug-likeness (QED) is 0.725. The molecule has 19 heavy (non-hydrogen) atoms. The molecule has 6 heteroatoms. The minimum Gasteiger partial charge on any atom is -0.481 e. The van der Waals surface area contributed by atoms with Crippen molar-refractivity contribution in [3.8, 4) is 0 Å². The number of nitrogens with one attached hydrogen (secondary N) is 2. The van der Waals surface area contributed by atoms with E-state index in [-0.39, 0.29) is 19.0 Å². The van der Waals surface area contributed by atoms with Gasteiger partial charge in [-0.1, -0.05) is 12.1 Å². The van der Waals surface area contributed by atoms with Crippen molar-refractivity contribution >= 4 is 17.7 Å². The third-order valence-corrected chi connectivity index (χ3v) is 2.57. The van der Waals surface area contributed by atoms with E-state index in [0.29, 0.717) is 5.69 Å². The molecule has 0 spiro atoms. The number of anilines is 1. The van der Waals surface area contributed by atoms with Gasteiger partial charge in [0.25, 0.3) is 0 Å². The van der Waals surface area contributed by atoms with Gasteiger partial charge in [-0.3, -0.25) is 4.79 Å². The Morgan fingerprint density at radius 1 is 1.37 bits per heavy atom. The number of aliphatic carboxylic acids is 1. The van der Waals surface area contributed by atoms with E-state index in [1.54, 1.807) is 13.1 Å². The lowest BCUT2D eigenvalue weighted by atomic mass is 10.2. The molecule has 0 aliphatic rings. The summed E-state index contributed by atoms with van der Waals surface area (Å²) in [6.45, 7) is 0.899. The van der Waals surface area contributed by atoms with Crippen molar-refractivity contribution in [1.82, 2.24) is 10.2 Å². The average molecular weight is 265 g/mol. The standard InChI is InChI=1S/C13H19N3O3/c1-14-9-10-4-3-5-11(8-10)15-13(19)16(2)7-6-12(17)18/h3-5,8,14H,6-7,9H2,1-2H3,(H,15,19)(H,17,18). The molecule has 1 aromatic rings. The van der Waals surface area contributed by atoms with Crippen molar-refractivity contribution in [3.63, 3.8) is 0 Å². The van der Waals surface area contributed by atoms with Gasteiger partial charge in [-0.05, 0) is 24.7 Å². The SMILES string of the molecule is CNCc1cccc(NC(=O)N(C)CCC(=O)O)c1. The Kier molecular flexibility index (Phi) is 5.81. The molecule has 0 saturated heterocycles. The summed E-state index contributed by atoms with van der Waals surface area (Å²) >= 11 is 0. The first-order valence-electron chi connectivity index (χ1n) is 6.00. The molecule has 0 bridgehead atoms. The van der Waals surface area contributed by atoms with E-state index in [1.807, 2.05) is 25.2 Å². The molecule has 6 nitrogen and oxygen atoms in total. The summed E-state index contributed by atoms with van der Waals surface area (Å²) in [5.41, 5.74) is 1.76. The van der Waals surface area contributed by atoms with Gasteiger partial charge in [-0.15, -0.1) is 0 Å². The Morgan fingerprint density at radius 3 is 2.74 bits per heavy atom. The van der Waals surface area contributed by atoms with Crippen molar-refractivity contribution < 1.29 is 14.7 Å². The fourth-order valence-electron chi connectivity index (χ4n) is 1.55. The molecular formula is C13H19N3O3. The number of carboxylic acids is 1. The minimum absolute atomic E-state index is 0.0658. The Hall–Kier alpha value is -2.08. The fourth-order valence-corrected chi connectivity index (χ4v) is 1.55. The van der Waals surface area contributed by atoms with Crippen LogP contribution in [0.15, 0.2) is 24.3 Å². The van der Waals surface area contributed by atoms with Crippen molar-refractivity contribution in [2.75, 3.05) is 26.0 Å². The van der Waals surface area contributed by atoms with Gasteiger partial charge in [0.15, 0.2) is 0 Å². The molecule has 0 aromatic heterocycles. The molecule has 0 saturated carbocycles. The molecule has 0 heterocycles. The van der Waals surface area contributed by atoms with Gasteiger partial charge in [-0.25, -0.2) is 4.79 Å². The van der Waals surface area contributed by atoms with Crippen LogP contribution in [-0.4, -0.2) is 42.6 Å². The smallest absolute Gasteiger partial charge is 0.321 e. The summed E-state index contributed by atoms with van der Waals surface area (Å²) < 4.78 is 0. The molecule has 2 amide bonds. The second-order valence-electron chi connectivity index (χ2n) is 4.23. The maximum Gasteiger partial charge on any atom is 0.321 e. The van der Waals surface area contributed by atoms with Crippen molar-refractivity contribution in [1.29, 1.82) is 0 Å². The van der Waals surface area contributed by atoms with Gasteiger partial charge in [0.05, 0.1) is 6.42 Å². The van der Waals surface area contributed by atoms with Gasteiger partial charge >= 0.3 is 12.0 Å². The highest BCUT2D eigenvalue weighted by atomic mass is 16.4. The van der Waals surface area contributed by atoms with E-state index in [4.69, 9.17) is 5.11 Å². The Bertz CT molecular complexity index is 449. The van der Waals surface area contributed by atoms with E-state index in [9.17, 15) is 9.59 Å². The first kappa shape index (κ1) is 15.0. The number of nitrogens with zero attached hydrogens (tertiary/aromatic N) is 1. The van der Waals surface area contributed by atoms with Crippen LogP contribution in [0.1, 0.15) is 12.0 Å². The number of amides is 2. The highest BCUT2D eigenvalue weighted by molar-refractivity contribution is 5.89. The third-order valence-electron chi connectivity index (χ3n) is 2.57. The average Bonchev–Trinajstić information content (AvgIpc) is 2.36. The maximum atomic E-state index is 11.8. The van der Waals surface area contributed by atoms with E-state index < -0.39 is 5.97 Å². The first-order valence-corrected chi connectivity index (χ1v) is 6.00. The molecule has 0 fully saturated rings. The lowest BCUT2D eigenvalue weighted by Crippen LogP contribution is -2.33. The number of carbonyl (C=O) groups excluding carboxylic acids is 1. The lowest BCUT2D eigenvalue weighted by Gasteiger charge is -2.17. The molecule has 3 N–H and O–H groups in total. The zero-order valence-electron chi connectivity index (χ0n) is 11.1. The fraction of sp³-hybridized carbons (Fsp3) is 0.385. The summed E-state index contributed by atoms with van der Waals surface area (Å²) in [5, 5.41) is 14.3. The lowest BCUT2D eigenvalue weighted by molar-refractivity contribution is -0.137. The molecular weight excluding hydrogens is 246 g/mol. The molecule has 0 aliphatic heterocycles. The summed E-state index contributed by atoms with van der Waals surface area (Å²) in [6.07, 6.45) is -0.0658. The summed E-state index contributed by atoms with van der Waals surface area (Å²) in [5.74, 6) is -0.921. The molecule has 0 unspecified atom stereocenters. The number of rotatable bonds is 6. The number of carboxylic acid groups (broad SMARTS) is 1. The topological polar surface area (TPSA) is 81.7 Å². The van der Waals surface area contributed by atoms with Gasteiger partial charge in [0.2, 0.25) is 0 Å². The Morgan fingerprint density at radius 2 is 2.11 bits per heavy atom. The summed E-state index contributed by atoms with van der Waals surface area (Å²) in [7, 11) is 3.42. The van der Waals surface area contributed by atoms with Crippen LogP contribution in [0.5, 0.6) is 0 Å². The van der Waals surface area contributed by atoms with Gasteiger partial charge < -0.3 is 20.6 Å². The normalized spacial score (nSPS) is 10.0. The van der Waals surface area contributed by atoms with Gasteiger partial charge in [0.1, 0.15) is 0 Å². The van der Waals surface area contributed by atoms with E-state index >= 15 is 0 Å². The highest BCUT2D eigenvalue weighted by Gasteiger charge is 2.10. The van der Waals surface area contributed by atoms with Crippen LogP contribution in [-0.2, 0) is 11.3 Å². The van der Waals surface area contributed by atoms with E-state index in [0.717, 1.165) is 12.1 Å².